The van der Waals surface area contributed by atoms with Crippen LogP contribution in [0.25, 0.3) is 11.0 Å². The Labute approximate surface area is 133 Å². The van der Waals surface area contributed by atoms with E-state index in [4.69, 9.17) is 0 Å². The van der Waals surface area contributed by atoms with Gasteiger partial charge in [-0.05, 0) is 36.6 Å². The fourth-order valence-corrected chi connectivity index (χ4v) is 3.22. The molecule has 7 nitrogen and oxygen atoms in total. The van der Waals surface area contributed by atoms with Gasteiger partial charge < -0.3 is 10.4 Å². The minimum Gasteiger partial charge on any atom is -0.391 e. The minimum absolute atomic E-state index is 0.00366. The summed E-state index contributed by atoms with van der Waals surface area (Å²) < 4.78 is 3.64. The van der Waals surface area contributed by atoms with Crippen LogP contribution in [-0.2, 0) is 13.6 Å². The highest BCUT2D eigenvalue weighted by Crippen LogP contribution is 2.32. The first-order valence-corrected chi connectivity index (χ1v) is 7.82. The van der Waals surface area contributed by atoms with E-state index in [9.17, 15) is 5.11 Å². The average molecular weight is 312 g/mol. The SMILES string of the molecule is Cc1cnn([C@H]2[C@H](O)C[C@@H]2NCc2ccc3c(c2)nnn3C)c1. The molecule has 7 heteroatoms. The molecular formula is C16H20N6O. The molecular weight excluding hydrogens is 292 g/mol. The number of benzene rings is 1. The van der Waals surface area contributed by atoms with Crippen molar-refractivity contribution in [2.75, 3.05) is 0 Å². The Hall–Kier alpha value is -2.25. The number of nitrogens with one attached hydrogen (secondary N) is 1. The maximum Gasteiger partial charge on any atom is 0.113 e. The van der Waals surface area contributed by atoms with Gasteiger partial charge in [-0.3, -0.25) is 4.68 Å². The van der Waals surface area contributed by atoms with Crippen molar-refractivity contribution in [3.8, 4) is 0 Å². The summed E-state index contributed by atoms with van der Waals surface area (Å²) in [5, 5.41) is 26.1. The normalized spacial score (nSPS) is 24.0. The standard InChI is InChI=1S/C16H20N6O/c1-10-7-18-22(9-10)16-13(6-15(16)23)17-8-11-3-4-14-12(5-11)19-20-21(14)2/h3-5,7,9,13,15-17,23H,6,8H2,1-2H3/t13-,15+,16+/m0/s1. The Bertz CT molecular complexity index is 838. The van der Waals surface area contributed by atoms with Crippen LogP contribution in [0.3, 0.4) is 0 Å². The molecule has 2 heterocycles. The van der Waals surface area contributed by atoms with Crippen LogP contribution in [0.15, 0.2) is 30.6 Å². The fraction of sp³-hybridized carbons (Fsp3) is 0.438. The number of nitrogens with zero attached hydrogens (tertiary/aromatic N) is 5. The molecule has 1 aliphatic carbocycles. The van der Waals surface area contributed by atoms with E-state index in [1.54, 1.807) is 4.68 Å². The molecule has 1 aromatic carbocycles. The minimum atomic E-state index is -0.339. The summed E-state index contributed by atoms with van der Waals surface area (Å²) in [5.74, 6) is 0. The molecule has 0 bridgehead atoms. The van der Waals surface area contributed by atoms with E-state index >= 15 is 0 Å². The highest BCUT2D eigenvalue weighted by Gasteiger charge is 2.41. The molecule has 23 heavy (non-hydrogen) atoms. The Morgan fingerprint density at radius 2 is 2.26 bits per heavy atom. The smallest absolute Gasteiger partial charge is 0.113 e. The highest BCUT2D eigenvalue weighted by atomic mass is 16.3. The number of rotatable bonds is 4. The summed E-state index contributed by atoms with van der Waals surface area (Å²) in [4.78, 5) is 0. The van der Waals surface area contributed by atoms with Crippen molar-refractivity contribution in [3.63, 3.8) is 0 Å². The van der Waals surface area contributed by atoms with Crippen molar-refractivity contribution in [2.24, 2.45) is 7.05 Å². The summed E-state index contributed by atoms with van der Waals surface area (Å²) in [7, 11) is 1.89. The molecule has 0 saturated heterocycles. The Kier molecular flexibility index (Phi) is 3.39. The number of hydrogen-bond acceptors (Lipinski definition) is 5. The van der Waals surface area contributed by atoms with Gasteiger partial charge in [0.25, 0.3) is 0 Å². The van der Waals surface area contributed by atoms with Crippen molar-refractivity contribution < 1.29 is 5.11 Å². The molecule has 2 N–H and O–H groups in total. The van der Waals surface area contributed by atoms with Gasteiger partial charge in [0.05, 0.1) is 23.9 Å². The molecule has 3 aromatic rings. The van der Waals surface area contributed by atoms with Crippen LogP contribution in [0.5, 0.6) is 0 Å². The summed E-state index contributed by atoms with van der Waals surface area (Å²) in [6.45, 7) is 2.74. The first-order chi connectivity index (χ1) is 11.1. The van der Waals surface area contributed by atoms with Crippen molar-refractivity contribution in [1.82, 2.24) is 30.1 Å². The number of fused-ring (bicyclic) bond motifs is 1. The molecule has 2 aromatic heterocycles. The maximum atomic E-state index is 10.1. The predicted octanol–water partition coefficient (Wildman–Crippen LogP) is 0.937. The van der Waals surface area contributed by atoms with Crippen LogP contribution in [0, 0.1) is 6.92 Å². The third-order valence-electron chi connectivity index (χ3n) is 4.58. The average Bonchev–Trinajstić information content (AvgIpc) is 3.09. The first-order valence-electron chi connectivity index (χ1n) is 7.82. The predicted molar refractivity (Wildman–Crippen MR) is 85.8 cm³/mol. The van der Waals surface area contributed by atoms with E-state index in [0.29, 0.717) is 0 Å². The Balaban J connectivity index is 1.45. The Morgan fingerprint density at radius 1 is 1.39 bits per heavy atom. The van der Waals surface area contributed by atoms with Gasteiger partial charge in [-0.2, -0.15) is 5.10 Å². The second-order valence-corrected chi connectivity index (χ2v) is 6.31. The number of aliphatic hydroxyl groups excluding tert-OH is 1. The fourth-order valence-electron chi connectivity index (χ4n) is 3.22. The summed E-state index contributed by atoms with van der Waals surface area (Å²) in [6.07, 6.45) is 4.21. The molecule has 0 amide bonds. The van der Waals surface area contributed by atoms with Crippen molar-refractivity contribution in [1.29, 1.82) is 0 Å². The van der Waals surface area contributed by atoms with Crippen LogP contribution < -0.4 is 5.32 Å². The van der Waals surface area contributed by atoms with Gasteiger partial charge in [-0.15, -0.1) is 5.10 Å². The maximum absolute atomic E-state index is 10.1. The lowest BCUT2D eigenvalue weighted by atomic mass is 9.83. The molecule has 120 valence electrons. The molecule has 3 atom stereocenters. The highest BCUT2D eigenvalue weighted by molar-refractivity contribution is 5.74. The molecule has 0 aliphatic heterocycles. The summed E-state index contributed by atoms with van der Waals surface area (Å²) in [5.41, 5.74) is 4.20. The van der Waals surface area contributed by atoms with Crippen LogP contribution >= 0.6 is 0 Å². The molecule has 0 unspecified atom stereocenters. The lowest BCUT2D eigenvalue weighted by Crippen LogP contribution is -2.54. The quantitative estimate of drug-likeness (QED) is 0.749. The second kappa shape index (κ2) is 5.43. The zero-order valence-corrected chi connectivity index (χ0v) is 13.2. The summed E-state index contributed by atoms with van der Waals surface area (Å²) >= 11 is 0. The number of aliphatic hydroxyl groups is 1. The van der Waals surface area contributed by atoms with Gasteiger partial charge in [0, 0.05) is 25.8 Å². The number of aromatic nitrogens is 5. The molecule has 0 spiro atoms. The van der Waals surface area contributed by atoms with Gasteiger partial charge in [0.15, 0.2) is 0 Å². The number of aryl methyl sites for hydroxylation is 2. The van der Waals surface area contributed by atoms with Crippen LogP contribution in [0.2, 0.25) is 0 Å². The van der Waals surface area contributed by atoms with E-state index in [2.05, 4.69) is 32.9 Å². The van der Waals surface area contributed by atoms with Gasteiger partial charge in [-0.1, -0.05) is 11.3 Å². The molecule has 1 fully saturated rings. The van der Waals surface area contributed by atoms with Crippen LogP contribution in [-0.4, -0.2) is 42.0 Å². The third kappa shape index (κ3) is 2.51. The van der Waals surface area contributed by atoms with E-state index < -0.39 is 0 Å². The molecule has 4 rings (SSSR count). The van der Waals surface area contributed by atoms with Crippen LogP contribution in [0.4, 0.5) is 0 Å². The largest absolute Gasteiger partial charge is 0.391 e. The Morgan fingerprint density at radius 3 is 3.00 bits per heavy atom. The van der Waals surface area contributed by atoms with Crippen molar-refractivity contribution >= 4 is 11.0 Å². The zero-order chi connectivity index (χ0) is 16.0. The molecule has 1 aliphatic rings. The van der Waals surface area contributed by atoms with E-state index in [-0.39, 0.29) is 18.2 Å². The summed E-state index contributed by atoms with van der Waals surface area (Å²) in [6, 6.07) is 6.40. The second-order valence-electron chi connectivity index (χ2n) is 6.31. The van der Waals surface area contributed by atoms with E-state index in [1.807, 2.05) is 37.1 Å². The van der Waals surface area contributed by atoms with Crippen molar-refractivity contribution in [3.05, 3.63) is 41.7 Å². The monoisotopic (exact) mass is 312 g/mol. The van der Waals surface area contributed by atoms with Crippen LogP contribution in [0.1, 0.15) is 23.6 Å². The van der Waals surface area contributed by atoms with Gasteiger partial charge >= 0.3 is 0 Å². The molecule has 0 radical (unpaired) electrons. The number of hydrogen-bond donors (Lipinski definition) is 2. The van der Waals surface area contributed by atoms with Gasteiger partial charge in [0.2, 0.25) is 0 Å². The third-order valence-corrected chi connectivity index (χ3v) is 4.58. The lowest BCUT2D eigenvalue weighted by molar-refractivity contribution is -0.00823. The van der Waals surface area contributed by atoms with Gasteiger partial charge in [0.1, 0.15) is 5.52 Å². The topological polar surface area (TPSA) is 80.8 Å². The van der Waals surface area contributed by atoms with Gasteiger partial charge in [-0.25, -0.2) is 4.68 Å². The van der Waals surface area contributed by atoms with E-state index in [0.717, 1.165) is 35.1 Å². The van der Waals surface area contributed by atoms with Crippen molar-refractivity contribution in [2.45, 2.75) is 38.1 Å². The van der Waals surface area contributed by atoms with E-state index in [1.165, 1.54) is 0 Å². The molecule has 1 saturated carbocycles. The lowest BCUT2D eigenvalue weighted by Gasteiger charge is -2.42. The first kappa shape index (κ1) is 14.3. The zero-order valence-electron chi connectivity index (χ0n) is 13.2.